The van der Waals surface area contributed by atoms with Gasteiger partial charge in [0.25, 0.3) is 5.91 Å². The van der Waals surface area contributed by atoms with E-state index in [2.05, 4.69) is 15.5 Å². The molecule has 0 spiro atoms. The number of likely N-dealkylation sites (tertiary alicyclic amines) is 1. The number of carbonyl (C=O) groups is 2. The number of hydrogen-bond acceptors (Lipinski definition) is 8. The van der Waals surface area contributed by atoms with Gasteiger partial charge in [0.05, 0.1) is 19.6 Å². The maximum Gasteiger partial charge on any atom is 0.286 e. The van der Waals surface area contributed by atoms with Crippen molar-refractivity contribution in [3.63, 3.8) is 0 Å². The van der Waals surface area contributed by atoms with Crippen LogP contribution < -0.4 is 19.5 Å². The Hall–Kier alpha value is -3.66. The molecule has 2 aromatic carbocycles. The molecule has 1 saturated heterocycles. The van der Waals surface area contributed by atoms with Gasteiger partial charge < -0.3 is 24.4 Å². The first kappa shape index (κ1) is 21.2. The van der Waals surface area contributed by atoms with Crippen molar-refractivity contribution in [3.8, 4) is 17.2 Å². The number of hydrogen-bond donors (Lipinski definition) is 1. The van der Waals surface area contributed by atoms with Crippen molar-refractivity contribution in [2.24, 2.45) is 0 Å². The van der Waals surface area contributed by atoms with Gasteiger partial charge >= 0.3 is 0 Å². The summed E-state index contributed by atoms with van der Waals surface area (Å²) >= 11 is 1.21. The Morgan fingerprint density at radius 2 is 1.97 bits per heavy atom. The van der Waals surface area contributed by atoms with Crippen LogP contribution >= 0.6 is 11.3 Å². The number of fused-ring (bicyclic) bond motifs is 1. The van der Waals surface area contributed by atoms with Crippen LogP contribution in [0.4, 0.5) is 5.69 Å². The zero-order valence-electron chi connectivity index (χ0n) is 17.9. The first-order valence-electron chi connectivity index (χ1n) is 10.6. The number of carbonyl (C=O) groups excluding carboxylic acids is 2. The number of aromatic nitrogens is 2. The molecule has 0 bridgehead atoms. The zero-order chi connectivity index (χ0) is 22.8. The van der Waals surface area contributed by atoms with Crippen molar-refractivity contribution < 1.29 is 23.8 Å². The summed E-state index contributed by atoms with van der Waals surface area (Å²) in [5, 5.41) is 12.0. The molecule has 33 heavy (non-hydrogen) atoms. The van der Waals surface area contributed by atoms with E-state index >= 15 is 0 Å². The highest BCUT2D eigenvalue weighted by Crippen LogP contribution is 2.36. The van der Waals surface area contributed by atoms with Crippen molar-refractivity contribution in [3.05, 3.63) is 58.0 Å². The van der Waals surface area contributed by atoms with Crippen LogP contribution in [0.5, 0.6) is 17.2 Å². The summed E-state index contributed by atoms with van der Waals surface area (Å²) in [6.07, 6.45) is 1.99. The van der Waals surface area contributed by atoms with Crippen molar-refractivity contribution in [2.45, 2.75) is 25.3 Å². The SMILES string of the molecule is COc1ccc(CC(=O)N2CCC[C@H]2c2nnc(C(=O)Nc3ccc4c(c3)OCO4)s2)cc1. The Kier molecular flexibility index (Phi) is 5.82. The monoisotopic (exact) mass is 466 g/mol. The van der Waals surface area contributed by atoms with Gasteiger partial charge in [0.15, 0.2) is 11.5 Å². The average molecular weight is 467 g/mol. The van der Waals surface area contributed by atoms with E-state index in [-0.39, 0.29) is 29.7 Å². The molecule has 1 atom stereocenters. The average Bonchev–Trinajstić information content (AvgIpc) is 3.59. The van der Waals surface area contributed by atoms with Gasteiger partial charge in [0.1, 0.15) is 10.8 Å². The first-order chi connectivity index (χ1) is 16.1. The van der Waals surface area contributed by atoms with Crippen LogP contribution in [0.3, 0.4) is 0 Å². The minimum absolute atomic E-state index is 0.0317. The topological polar surface area (TPSA) is 103 Å². The van der Waals surface area contributed by atoms with Crippen molar-refractivity contribution in [2.75, 3.05) is 25.8 Å². The molecule has 2 aliphatic heterocycles. The largest absolute Gasteiger partial charge is 0.497 e. The maximum atomic E-state index is 13.0. The maximum absolute atomic E-state index is 13.0. The molecule has 0 aliphatic carbocycles. The fraction of sp³-hybridized carbons (Fsp3) is 0.304. The van der Waals surface area contributed by atoms with Gasteiger partial charge in [0, 0.05) is 18.3 Å². The molecule has 3 heterocycles. The molecule has 2 aliphatic rings. The van der Waals surface area contributed by atoms with Crippen LogP contribution in [-0.4, -0.2) is 47.4 Å². The summed E-state index contributed by atoms with van der Waals surface area (Å²) in [6.45, 7) is 0.833. The predicted octanol–water partition coefficient (Wildman–Crippen LogP) is 3.43. The Balaban J connectivity index is 1.25. The molecule has 170 valence electrons. The highest BCUT2D eigenvalue weighted by Gasteiger charge is 2.33. The molecule has 0 radical (unpaired) electrons. The second-order valence-electron chi connectivity index (χ2n) is 7.74. The summed E-state index contributed by atoms with van der Waals surface area (Å²) in [4.78, 5) is 27.5. The van der Waals surface area contributed by atoms with Gasteiger partial charge in [-0.3, -0.25) is 9.59 Å². The second-order valence-corrected chi connectivity index (χ2v) is 8.75. The van der Waals surface area contributed by atoms with E-state index < -0.39 is 0 Å². The van der Waals surface area contributed by atoms with E-state index in [1.807, 2.05) is 29.2 Å². The Morgan fingerprint density at radius 3 is 2.79 bits per heavy atom. The Morgan fingerprint density at radius 1 is 1.15 bits per heavy atom. The molecule has 0 saturated carbocycles. The van der Waals surface area contributed by atoms with Crippen LogP contribution in [0.15, 0.2) is 42.5 Å². The number of methoxy groups -OCH3 is 1. The summed E-state index contributed by atoms with van der Waals surface area (Å²) in [6, 6.07) is 12.5. The second kappa shape index (κ2) is 9.07. The van der Waals surface area contributed by atoms with E-state index in [1.165, 1.54) is 11.3 Å². The van der Waals surface area contributed by atoms with E-state index in [0.29, 0.717) is 35.2 Å². The van der Waals surface area contributed by atoms with E-state index in [0.717, 1.165) is 24.2 Å². The summed E-state index contributed by atoms with van der Waals surface area (Å²) in [5.41, 5.74) is 1.51. The molecule has 1 aromatic heterocycles. The van der Waals surface area contributed by atoms with E-state index in [4.69, 9.17) is 14.2 Å². The van der Waals surface area contributed by atoms with Gasteiger partial charge in [-0.25, -0.2) is 0 Å². The van der Waals surface area contributed by atoms with Gasteiger partial charge in [-0.05, 0) is 42.7 Å². The van der Waals surface area contributed by atoms with Crippen LogP contribution in [0.2, 0.25) is 0 Å². The lowest BCUT2D eigenvalue weighted by molar-refractivity contribution is -0.131. The molecule has 0 unspecified atom stereocenters. The fourth-order valence-electron chi connectivity index (χ4n) is 3.96. The van der Waals surface area contributed by atoms with Crippen LogP contribution in [0.25, 0.3) is 0 Å². The van der Waals surface area contributed by atoms with Gasteiger partial charge in [0.2, 0.25) is 17.7 Å². The molecule has 9 nitrogen and oxygen atoms in total. The highest BCUT2D eigenvalue weighted by molar-refractivity contribution is 7.13. The van der Waals surface area contributed by atoms with Crippen molar-refractivity contribution in [1.29, 1.82) is 0 Å². The Labute approximate surface area is 194 Å². The molecule has 3 aromatic rings. The summed E-state index contributed by atoms with van der Waals surface area (Å²) < 4.78 is 15.8. The van der Waals surface area contributed by atoms with Crippen LogP contribution in [0.1, 0.15) is 39.3 Å². The summed E-state index contributed by atoms with van der Waals surface area (Å²) in [5.74, 6) is 1.66. The molecule has 10 heteroatoms. The van der Waals surface area contributed by atoms with Gasteiger partial charge in [-0.1, -0.05) is 23.5 Å². The zero-order valence-corrected chi connectivity index (χ0v) is 18.8. The fourth-order valence-corrected chi connectivity index (χ4v) is 4.85. The standard InChI is InChI=1S/C23H22N4O5S/c1-30-16-7-4-14(5-8-16)11-20(28)27-10-2-3-17(27)22-25-26-23(33-22)21(29)24-15-6-9-18-19(12-15)32-13-31-18/h4-9,12,17H,2-3,10-11,13H2,1H3,(H,24,29)/t17-/m0/s1. The Bertz CT molecular complexity index is 1180. The number of benzene rings is 2. The first-order valence-corrected chi connectivity index (χ1v) is 11.4. The molecule has 2 amide bonds. The number of nitrogens with one attached hydrogen (secondary N) is 1. The third kappa shape index (κ3) is 4.47. The highest BCUT2D eigenvalue weighted by atomic mass is 32.1. The molecule has 1 fully saturated rings. The number of rotatable bonds is 6. The lowest BCUT2D eigenvalue weighted by Gasteiger charge is -2.22. The lowest BCUT2D eigenvalue weighted by Crippen LogP contribution is -2.31. The van der Waals surface area contributed by atoms with Gasteiger partial charge in [-0.15, -0.1) is 10.2 Å². The third-order valence-electron chi connectivity index (χ3n) is 5.64. The van der Waals surface area contributed by atoms with Crippen LogP contribution in [-0.2, 0) is 11.2 Å². The van der Waals surface area contributed by atoms with Crippen LogP contribution in [0, 0.1) is 0 Å². The predicted molar refractivity (Wildman–Crippen MR) is 121 cm³/mol. The van der Waals surface area contributed by atoms with Gasteiger partial charge in [-0.2, -0.15) is 0 Å². The molecule has 1 N–H and O–H groups in total. The van der Waals surface area contributed by atoms with Crippen molar-refractivity contribution in [1.82, 2.24) is 15.1 Å². The molecular formula is C23H22N4O5S. The molecular weight excluding hydrogens is 444 g/mol. The number of amides is 2. The van der Waals surface area contributed by atoms with Crippen molar-refractivity contribution >= 4 is 28.8 Å². The number of nitrogens with zero attached hydrogens (tertiary/aromatic N) is 3. The van der Waals surface area contributed by atoms with E-state index in [9.17, 15) is 9.59 Å². The third-order valence-corrected chi connectivity index (χ3v) is 6.66. The number of anilines is 1. The smallest absolute Gasteiger partial charge is 0.286 e. The quantitative estimate of drug-likeness (QED) is 0.594. The van der Waals surface area contributed by atoms with E-state index in [1.54, 1.807) is 25.3 Å². The summed E-state index contributed by atoms with van der Waals surface area (Å²) in [7, 11) is 1.61. The number of ether oxygens (including phenoxy) is 3. The molecule has 5 rings (SSSR count). The minimum atomic E-state index is -0.355. The normalized spacial score (nSPS) is 16.6. The lowest BCUT2D eigenvalue weighted by atomic mass is 10.1. The minimum Gasteiger partial charge on any atom is -0.497 e.